The van der Waals surface area contributed by atoms with Crippen molar-refractivity contribution in [3.05, 3.63) is 71.8 Å². The van der Waals surface area contributed by atoms with E-state index in [0.717, 1.165) is 34.5 Å². The molecule has 36 heavy (non-hydrogen) atoms. The predicted molar refractivity (Wildman–Crippen MR) is 148 cm³/mol. The molecule has 1 unspecified atom stereocenters. The van der Waals surface area contributed by atoms with Gasteiger partial charge in [-0.25, -0.2) is 8.42 Å². The monoisotopic (exact) mass is 507 g/mol. The van der Waals surface area contributed by atoms with Crippen LogP contribution in [-0.2, 0) is 16.3 Å². The summed E-state index contributed by atoms with van der Waals surface area (Å²) >= 11 is 0. The largest absolute Gasteiger partial charge is 0.493 e. The number of rotatable bonds is 10. The molecule has 3 aromatic rings. The first-order valence-electron chi connectivity index (χ1n) is 12.0. The molecule has 1 N–H and O–H groups in total. The predicted octanol–water partition coefficient (Wildman–Crippen LogP) is 4.98. The Labute approximate surface area is 213 Å². The summed E-state index contributed by atoms with van der Waals surface area (Å²) in [5.41, 5.74) is 6.26. The van der Waals surface area contributed by atoms with E-state index >= 15 is 0 Å². The highest BCUT2D eigenvalue weighted by molar-refractivity contribution is 7.90. The summed E-state index contributed by atoms with van der Waals surface area (Å²) in [4.78, 5) is 6.23. The molecule has 0 saturated heterocycles. The van der Waals surface area contributed by atoms with Crippen LogP contribution in [-0.4, -0.2) is 54.1 Å². The average Bonchev–Trinajstić information content (AvgIpc) is 3.29. The van der Waals surface area contributed by atoms with Crippen LogP contribution in [0, 0.1) is 0 Å². The summed E-state index contributed by atoms with van der Waals surface area (Å²) in [5, 5.41) is 3.47. The van der Waals surface area contributed by atoms with E-state index in [9.17, 15) is 8.42 Å². The number of fused-ring (bicyclic) bond motifs is 1. The second-order valence-electron chi connectivity index (χ2n) is 8.79. The lowest BCUT2D eigenvalue weighted by Crippen LogP contribution is -2.33. The molecule has 3 aromatic carbocycles. The Hall–Kier alpha value is -3.52. The average molecular weight is 508 g/mol. The van der Waals surface area contributed by atoms with E-state index in [2.05, 4.69) is 45.5 Å². The summed E-state index contributed by atoms with van der Waals surface area (Å²) in [6.45, 7) is 2.89. The molecular formula is C28H33N3O4S. The normalized spacial score (nSPS) is 13.9. The number of aliphatic imine (C=N–C) groups is 1. The molecule has 1 heterocycles. The third-order valence-corrected chi connectivity index (χ3v) is 7.20. The van der Waals surface area contributed by atoms with E-state index in [-0.39, 0.29) is 5.75 Å². The van der Waals surface area contributed by atoms with Crippen LogP contribution >= 0.6 is 0 Å². The molecule has 0 bridgehead atoms. The summed E-state index contributed by atoms with van der Waals surface area (Å²) in [7, 11) is 0.104. The standard InChI is InChI=1S/C28H33N3O4S/c1-5-35-28-17-22(11-13-27(28)34-3)26(18-36(4,32)33)31-19-30-24-16-21(10-12-25(24)31)23-9-7-6-8-20(23)14-15-29-2/h6-13,15-17,26,30H,5,14,18-19H2,1-4H3/b29-15-. The fourth-order valence-electron chi connectivity index (χ4n) is 4.62. The minimum atomic E-state index is -3.27. The molecule has 0 aromatic heterocycles. The first-order chi connectivity index (χ1) is 17.3. The van der Waals surface area contributed by atoms with Crippen molar-refractivity contribution in [2.24, 2.45) is 4.99 Å². The van der Waals surface area contributed by atoms with E-state index in [1.54, 1.807) is 14.2 Å². The van der Waals surface area contributed by atoms with Crippen LogP contribution < -0.4 is 19.7 Å². The van der Waals surface area contributed by atoms with Gasteiger partial charge >= 0.3 is 0 Å². The number of hydrogen-bond acceptors (Lipinski definition) is 7. The van der Waals surface area contributed by atoms with Gasteiger partial charge in [0.2, 0.25) is 0 Å². The number of methoxy groups -OCH3 is 1. The molecule has 8 heteroatoms. The van der Waals surface area contributed by atoms with Gasteiger partial charge in [0.25, 0.3) is 0 Å². The number of anilines is 2. The van der Waals surface area contributed by atoms with Crippen LogP contribution in [0.1, 0.15) is 24.1 Å². The highest BCUT2D eigenvalue weighted by atomic mass is 32.2. The Morgan fingerprint density at radius 1 is 1.11 bits per heavy atom. The molecule has 0 aliphatic carbocycles. The first-order valence-corrected chi connectivity index (χ1v) is 14.0. The van der Waals surface area contributed by atoms with Crippen molar-refractivity contribution in [2.45, 2.75) is 19.4 Å². The van der Waals surface area contributed by atoms with Gasteiger partial charge in [-0.05, 0) is 53.4 Å². The second-order valence-corrected chi connectivity index (χ2v) is 11.0. The number of nitrogens with one attached hydrogen (secondary N) is 1. The number of ether oxygens (including phenoxy) is 2. The van der Waals surface area contributed by atoms with Gasteiger partial charge in [0.05, 0.1) is 43.6 Å². The second kappa shape index (κ2) is 11.0. The SMILES string of the molecule is CCOc1cc(C(CS(C)(=O)=O)N2CNc3cc(-c4ccccc4C/C=N\C)ccc32)ccc1OC. The Morgan fingerprint density at radius 2 is 1.92 bits per heavy atom. The molecule has 1 aliphatic heterocycles. The molecule has 4 rings (SSSR count). The minimum Gasteiger partial charge on any atom is -0.493 e. The maximum absolute atomic E-state index is 12.5. The first kappa shape index (κ1) is 25.6. The van der Waals surface area contributed by atoms with Gasteiger partial charge in [0, 0.05) is 25.9 Å². The zero-order chi connectivity index (χ0) is 25.7. The summed E-state index contributed by atoms with van der Waals surface area (Å²) in [6.07, 6.45) is 3.95. The van der Waals surface area contributed by atoms with Gasteiger partial charge in [-0.1, -0.05) is 36.4 Å². The summed E-state index contributed by atoms with van der Waals surface area (Å²) < 4.78 is 36.1. The lowest BCUT2D eigenvalue weighted by atomic mass is 9.97. The van der Waals surface area contributed by atoms with Crippen LogP contribution in [0.2, 0.25) is 0 Å². The Bertz CT molecular complexity index is 1350. The van der Waals surface area contributed by atoms with Gasteiger partial charge in [-0.2, -0.15) is 0 Å². The zero-order valence-electron chi connectivity index (χ0n) is 21.2. The van der Waals surface area contributed by atoms with E-state index in [0.29, 0.717) is 24.8 Å². The molecular weight excluding hydrogens is 474 g/mol. The van der Waals surface area contributed by atoms with E-state index < -0.39 is 15.9 Å². The Balaban J connectivity index is 1.72. The number of hydrogen-bond donors (Lipinski definition) is 1. The molecule has 0 radical (unpaired) electrons. The fourth-order valence-corrected chi connectivity index (χ4v) is 5.57. The van der Waals surface area contributed by atoms with Crippen molar-refractivity contribution < 1.29 is 17.9 Å². The van der Waals surface area contributed by atoms with Crippen molar-refractivity contribution >= 4 is 27.4 Å². The maximum Gasteiger partial charge on any atom is 0.161 e. The van der Waals surface area contributed by atoms with Crippen LogP contribution in [0.25, 0.3) is 11.1 Å². The van der Waals surface area contributed by atoms with E-state index in [1.807, 2.05) is 43.5 Å². The molecule has 0 spiro atoms. The summed E-state index contributed by atoms with van der Waals surface area (Å²) in [5.74, 6) is 1.20. The van der Waals surface area contributed by atoms with Crippen LogP contribution in [0.3, 0.4) is 0 Å². The van der Waals surface area contributed by atoms with Crippen molar-refractivity contribution in [3.63, 3.8) is 0 Å². The van der Waals surface area contributed by atoms with Crippen molar-refractivity contribution in [2.75, 3.05) is 49.7 Å². The minimum absolute atomic E-state index is 0.0209. The number of nitrogens with zero attached hydrogens (tertiary/aromatic N) is 2. The van der Waals surface area contributed by atoms with Gasteiger partial charge in [-0.15, -0.1) is 0 Å². The van der Waals surface area contributed by atoms with E-state index in [1.165, 1.54) is 11.8 Å². The van der Waals surface area contributed by atoms with Gasteiger partial charge in [0.1, 0.15) is 9.84 Å². The van der Waals surface area contributed by atoms with Gasteiger partial charge in [0.15, 0.2) is 11.5 Å². The third kappa shape index (κ3) is 5.65. The topological polar surface area (TPSA) is 80.2 Å². The third-order valence-electron chi connectivity index (χ3n) is 6.28. The van der Waals surface area contributed by atoms with Crippen LogP contribution in [0.15, 0.2) is 65.7 Å². The smallest absolute Gasteiger partial charge is 0.161 e. The molecule has 1 aliphatic rings. The Morgan fingerprint density at radius 3 is 2.64 bits per heavy atom. The maximum atomic E-state index is 12.5. The van der Waals surface area contributed by atoms with Crippen molar-refractivity contribution in [3.8, 4) is 22.6 Å². The van der Waals surface area contributed by atoms with Crippen molar-refractivity contribution in [1.82, 2.24) is 0 Å². The van der Waals surface area contributed by atoms with Crippen LogP contribution in [0.5, 0.6) is 11.5 Å². The lowest BCUT2D eigenvalue weighted by molar-refractivity contribution is 0.310. The quantitative estimate of drug-likeness (QED) is 0.390. The number of sulfone groups is 1. The van der Waals surface area contributed by atoms with E-state index in [4.69, 9.17) is 9.47 Å². The summed E-state index contributed by atoms with van der Waals surface area (Å²) in [6, 6.07) is 19.8. The fraction of sp³-hybridized carbons (Fsp3) is 0.321. The lowest BCUT2D eigenvalue weighted by Gasteiger charge is -2.30. The highest BCUT2D eigenvalue weighted by Crippen LogP contribution is 2.42. The molecule has 0 fully saturated rings. The number of benzene rings is 3. The zero-order valence-corrected chi connectivity index (χ0v) is 22.0. The van der Waals surface area contributed by atoms with Crippen LogP contribution in [0.4, 0.5) is 11.4 Å². The molecule has 0 saturated carbocycles. The van der Waals surface area contributed by atoms with Gasteiger partial charge in [-0.3, -0.25) is 0 Å². The molecule has 1 atom stereocenters. The van der Waals surface area contributed by atoms with Gasteiger partial charge < -0.3 is 24.7 Å². The molecule has 190 valence electrons. The molecule has 7 nitrogen and oxygen atoms in total. The Kier molecular flexibility index (Phi) is 7.84. The highest BCUT2D eigenvalue weighted by Gasteiger charge is 2.31. The molecule has 0 amide bonds. The van der Waals surface area contributed by atoms with Crippen molar-refractivity contribution in [1.29, 1.82) is 0 Å².